The molecular formula is C13H18N2O. The second-order valence-electron chi connectivity index (χ2n) is 4.99. The van der Waals surface area contributed by atoms with E-state index in [2.05, 4.69) is 23.1 Å². The summed E-state index contributed by atoms with van der Waals surface area (Å²) >= 11 is 0. The van der Waals surface area contributed by atoms with Crippen LogP contribution in [0.3, 0.4) is 0 Å². The predicted octanol–water partition coefficient (Wildman–Crippen LogP) is 1.62. The van der Waals surface area contributed by atoms with E-state index in [-0.39, 0.29) is 0 Å². The Kier molecular flexibility index (Phi) is 2.28. The van der Waals surface area contributed by atoms with Crippen LogP contribution in [0.15, 0.2) is 24.3 Å². The fourth-order valence-corrected chi connectivity index (χ4v) is 2.39. The molecule has 3 rings (SSSR count). The molecule has 0 atom stereocenters. The van der Waals surface area contributed by atoms with Crippen LogP contribution < -0.4 is 15.4 Å². The van der Waals surface area contributed by atoms with Crippen LogP contribution >= 0.6 is 0 Å². The molecule has 0 radical (unpaired) electrons. The van der Waals surface area contributed by atoms with E-state index in [1.165, 1.54) is 31.6 Å². The van der Waals surface area contributed by atoms with E-state index in [0.29, 0.717) is 18.6 Å². The molecular weight excluding hydrogens is 200 g/mol. The van der Waals surface area contributed by atoms with Gasteiger partial charge in [0.15, 0.2) is 0 Å². The highest BCUT2D eigenvalue weighted by atomic mass is 16.5. The molecule has 1 aliphatic heterocycles. The van der Waals surface area contributed by atoms with Gasteiger partial charge in [0.25, 0.3) is 0 Å². The fourth-order valence-electron chi connectivity index (χ4n) is 2.39. The van der Waals surface area contributed by atoms with Gasteiger partial charge in [0.05, 0.1) is 0 Å². The summed E-state index contributed by atoms with van der Waals surface area (Å²) in [5, 5.41) is 0. The predicted molar refractivity (Wildman–Crippen MR) is 64.9 cm³/mol. The Hall–Kier alpha value is -1.22. The van der Waals surface area contributed by atoms with E-state index in [1.807, 2.05) is 6.07 Å². The molecule has 2 aliphatic rings. The van der Waals surface area contributed by atoms with E-state index in [1.54, 1.807) is 0 Å². The van der Waals surface area contributed by atoms with Gasteiger partial charge in [0.1, 0.15) is 12.4 Å². The van der Waals surface area contributed by atoms with E-state index in [0.717, 1.165) is 5.75 Å². The molecule has 16 heavy (non-hydrogen) atoms. The quantitative estimate of drug-likeness (QED) is 0.834. The SMILES string of the molecule is NCCOc1cccc(N2CC3(CC3)C2)c1. The van der Waals surface area contributed by atoms with Gasteiger partial charge in [-0.05, 0) is 25.0 Å². The molecule has 1 aromatic rings. The zero-order valence-electron chi connectivity index (χ0n) is 9.48. The van der Waals surface area contributed by atoms with Crippen LogP contribution in [0.4, 0.5) is 5.69 Å². The number of nitrogens with zero attached hydrogens (tertiary/aromatic N) is 1. The highest BCUT2D eigenvalue weighted by molar-refractivity contribution is 5.54. The second-order valence-corrected chi connectivity index (χ2v) is 4.99. The first kappa shape index (κ1) is 9.97. The van der Waals surface area contributed by atoms with Gasteiger partial charge in [0.2, 0.25) is 0 Å². The van der Waals surface area contributed by atoms with Crippen LogP contribution in [0, 0.1) is 5.41 Å². The summed E-state index contributed by atoms with van der Waals surface area (Å²) in [6.45, 7) is 3.62. The summed E-state index contributed by atoms with van der Waals surface area (Å²) in [7, 11) is 0. The Bertz CT molecular complexity index is 379. The van der Waals surface area contributed by atoms with E-state index >= 15 is 0 Å². The standard InChI is InChI=1S/C13H18N2O/c14-6-7-16-12-3-1-2-11(8-12)15-9-13(10-15)4-5-13/h1-3,8H,4-7,9-10,14H2. The number of ether oxygens (including phenoxy) is 1. The maximum absolute atomic E-state index is 5.53. The Morgan fingerprint density at radius 2 is 2.12 bits per heavy atom. The summed E-state index contributed by atoms with van der Waals surface area (Å²) in [5.41, 5.74) is 7.41. The molecule has 3 nitrogen and oxygen atoms in total. The molecule has 2 N–H and O–H groups in total. The average molecular weight is 218 g/mol. The normalized spacial score (nSPS) is 20.7. The molecule has 1 heterocycles. The zero-order chi connectivity index (χ0) is 11.0. The molecule has 0 bridgehead atoms. The number of hydrogen-bond donors (Lipinski definition) is 1. The molecule has 86 valence electrons. The van der Waals surface area contributed by atoms with Crippen molar-refractivity contribution >= 4 is 5.69 Å². The van der Waals surface area contributed by atoms with Crippen LogP contribution in [-0.2, 0) is 0 Å². The summed E-state index contributed by atoms with van der Waals surface area (Å²) in [5.74, 6) is 0.930. The zero-order valence-corrected chi connectivity index (χ0v) is 9.48. The van der Waals surface area contributed by atoms with Crippen molar-refractivity contribution in [3.05, 3.63) is 24.3 Å². The molecule has 0 unspecified atom stereocenters. The molecule has 1 aromatic carbocycles. The monoisotopic (exact) mass is 218 g/mol. The molecule has 3 heteroatoms. The van der Waals surface area contributed by atoms with Crippen molar-refractivity contribution in [3.8, 4) is 5.75 Å². The highest BCUT2D eigenvalue weighted by Gasteiger charge is 2.52. The van der Waals surface area contributed by atoms with Crippen molar-refractivity contribution in [2.45, 2.75) is 12.8 Å². The number of benzene rings is 1. The lowest BCUT2D eigenvalue weighted by atomic mass is 9.96. The number of nitrogens with two attached hydrogens (primary N) is 1. The lowest BCUT2D eigenvalue weighted by molar-refractivity contribution is 0.327. The third kappa shape index (κ3) is 1.76. The van der Waals surface area contributed by atoms with Gasteiger partial charge in [-0.1, -0.05) is 6.07 Å². The first-order valence-electron chi connectivity index (χ1n) is 5.99. The number of hydrogen-bond acceptors (Lipinski definition) is 3. The van der Waals surface area contributed by atoms with Crippen molar-refractivity contribution in [2.24, 2.45) is 11.1 Å². The Morgan fingerprint density at radius 1 is 1.31 bits per heavy atom. The van der Waals surface area contributed by atoms with Crippen molar-refractivity contribution in [2.75, 3.05) is 31.1 Å². The lowest BCUT2D eigenvalue weighted by Gasteiger charge is -2.42. The van der Waals surface area contributed by atoms with Gasteiger partial charge in [-0.15, -0.1) is 0 Å². The third-order valence-electron chi connectivity index (χ3n) is 3.58. The molecule has 1 saturated carbocycles. The van der Waals surface area contributed by atoms with Gasteiger partial charge in [-0.3, -0.25) is 0 Å². The summed E-state index contributed by atoms with van der Waals surface area (Å²) in [6, 6.07) is 8.32. The van der Waals surface area contributed by atoms with Gasteiger partial charge in [0, 0.05) is 36.8 Å². The Morgan fingerprint density at radius 3 is 2.81 bits per heavy atom. The molecule has 1 saturated heterocycles. The minimum Gasteiger partial charge on any atom is -0.492 e. The largest absolute Gasteiger partial charge is 0.492 e. The van der Waals surface area contributed by atoms with Gasteiger partial charge in [-0.2, -0.15) is 0 Å². The minimum atomic E-state index is 0.567. The van der Waals surface area contributed by atoms with Crippen molar-refractivity contribution in [1.82, 2.24) is 0 Å². The minimum absolute atomic E-state index is 0.567. The van der Waals surface area contributed by atoms with Crippen LogP contribution in [0.1, 0.15) is 12.8 Å². The van der Waals surface area contributed by atoms with Gasteiger partial charge in [-0.25, -0.2) is 0 Å². The summed E-state index contributed by atoms with van der Waals surface area (Å²) in [6.07, 6.45) is 2.85. The Balaban J connectivity index is 1.65. The van der Waals surface area contributed by atoms with Gasteiger partial charge >= 0.3 is 0 Å². The van der Waals surface area contributed by atoms with E-state index < -0.39 is 0 Å². The first-order chi connectivity index (χ1) is 7.81. The lowest BCUT2D eigenvalue weighted by Crippen LogP contribution is -2.48. The average Bonchev–Trinajstić information content (AvgIpc) is 3.05. The van der Waals surface area contributed by atoms with Crippen molar-refractivity contribution in [3.63, 3.8) is 0 Å². The summed E-state index contributed by atoms with van der Waals surface area (Å²) < 4.78 is 5.53. The molecule has 1 aliphatic carbocycles. The maximum atomic E-state index is 5.53. The van der Waals surface area contributed by atoms with Crippen molar-refractivity contribution < 1.29 is 4.74 Å². The maximum Gasteiger partial charge on any atom is 0.121 e. The first-order valence-corrected chi connectivity index (χ1v) is 5.99. The molecule has 0 aromatic heterocycles. The number of rotatable bonds is 4. The third-order valence-corrected chi connectivity index (χ3v) is 3.58. The fraction of sp³-hybridized carbons (Fsp3) is 0.538. The smallest absolute Gasteiger partial charge is 0.121 e. The van der Waals surface area contributed by atoms with Crippen LogP contribution in [-0.4, -0.2) is 26.2 Å². The van der Waals surface area contributed by atoms with Crippen LogP contribution in [0.5, 0.6) is 5.75 Å². The molecule has 1 spiro atoms. The molecule has 2 fully saturated rings. The highest BCUT2D eigenvalue weighted by Crippen LogP contribution is 2.53. The van der Waals surface area contributed by atoms with Crippen LogP contribution in [0.2, 0.25) is 0 Å². The second kappa shape index (κ2) is 3.67. The molecule has 0 amide bonds. The van der Waals surface area contributed by atoms with Crippen molar-refractivity contribution in [1.29, 1.82) is 0 Å². The van der Waals surface area contributed by atoms with E-state index in [4.69, 9.17) is 10.5 Å². The Labute approximate surface area is 96.2 Å². The van der Waals surface area contributed by atoms with Gasteiger partial charge < -0.3 is 15.4 Å². The van der Waals surface area contributed by atoms with E-state index in [9.17, 15) is 0 Å². The summed E-state index contributed by atoms with van der Waals surface area (Å²) in [4.78, 5) is 2.43. The number of anilines is 1. The van der Waals surface area contributed by atoms with Crippen LogP contribution in [0.25, 0.3) is 0 Å². The topological polar surface area (TPSA) is 38.5 Å².